The number of sulfonamides is 1. The Kier molecular flexibility index (Phi) is 5.15. The third kappa shape index (κ3) is 3.72. The van der Waals surface area contributed by atoms with E-state index in [-0.39, 0.29) is 34.8 Å². The number of hydrogen-bond donors (Lipinski definition) is 1. The lowest BCUT2D eigenvalue weighted by Gasteiger charge is -2.17. The molecule has 1 aromatic heterocycles. The van der Waals surface area contributed by atoms with E-state index >= 15 is 0 Å². The number of benzene rings is 2. The number of imide groups is 1. The summed E-state index contributed by atoms with van der Waals surface area (Å²) in [6, 6.07) is 15.1. The summed E-state index contributed by atoms with van der Waals surface area (Å²) in [5.41, 5.74) is 1.00. The van der Waals surface area contributed by atoms with Gasteiger partial charge in [0.2, 0.25) is 10.0 Å². The first-order chi connectivity index (χ1) is 14.4. The Morgan fingerprint density at radius 1 is 0.967 bits per heavy atom. The Bertz CT molecular complexity index is 1210. The van der Waals surface area contributed by atoms with Gasteiger partial charge in [-0.25, -0.2) is 17.5 Å². The molecule has 0 saturated carbocycles. The van der Waals surface area contributed by atoms with Crippen molar-refractivity contribution in [2.75, 3.05) is 0 Å². The van der Waals surface area contributed by atoms with Crippen molar-refractivity contribution in [2.45, 2.75) is 18.0 Å². The van der Waals surface area contributed by atoms with Crippen molar-refractivity contribution in [1.82, 2.24) is 14.6 Å². The van der Waals surface area contributed by atoms with Crippen molar-refractivity contribution in [3.63, 3.8) is 0 Å². The van der Waals surface area contributed by atoms with Crippen LogP contribution in [0.1, 0.15) is 32.0 Å². The smallest absolute Gasteiger partial charge is 0.268 e. The lowest BCUT2D eigenvalue weighted by atomic mass is 10.2. The second-order valence-electron chi connectivity index (χ2n) is 6.66. The topological polar surface area (TPSA) is 96.4 Å². The average molecular weight is 425 g/mol. The van der Waals surface area contributed by atoms with Gasteiger partial charge in [0.25, 0.3) is 11.8 Å². The molecule has 0 bridgehead atoms. The summed E-state index contributed by atoms with van der Waals surface area (Å²) in [5.74, 6) is -1.95. The van der Waals surface area contributed by atoms with E-state index in [0.29, 0.717) is 0 Å². The summed E-state index contributed by atoms with van der Waals surface area (Å²) in [5, 5.41) is 0. The molecule has 30 heavy (non-hydrogen) atoms. The zero-order valence-corrected chi connectivity index (χ0v) is 16.4. The molecule has 2 amide bonds. The number of carbonyl (C=O) groups is 2. The summed E-state index contributed by atoms with van der Waals surface area (Å²) in [7, 11) is -4.11. The van der Waals surface area contributed by atoms with Crippen LogP contribution in [0.4, 0.5) is 4.39 Å². The van der Waals surface area contributed by atoms with E-state index in [2.05, 4.69) is 9.71 Å². The highest BCUT2D eigenvalue weighted by molar-refractivity contribution is 7.89. The highest BCUT2D eigenvalue weighted by Gasteiger charge is 2.37. The predicted octanol–water partition coefficient (Wildman–Crippen LogP) is 2.50. The van der Waals surface area contributed by atoms with Crippen molar-refractivity contribution < 1.29 is 22.4 Å². The molecule has 0 aliphatic carbocycles. The average Bonchev–Trinajstić information content (AvgIpc) is 2.99. The molecule has 0 radical (unpaired) electrons. The standard InChI is InChI=1S/C21H16FN3O4S/c22-16-9-8-15(13-25-20(26)17-7-4-10-23-19(17)21(25)27)18(11-16)30(28,29)24-12-14-5-2-1-3-6-14/h1-11,24H,12-13H2. The van der Waals surface area contributed by atoms with E-state index in [0.717, 1.165) is 22.6 Å². The van der Waals surface area contributed by atoms with Crippen LogP contribution in [0.15, 0.2) is 71.8 Å². The SMILES string of the molecule is O=C1c2cccnc2C(=O)N1Cc1ccc(F)cc1S(=O)(=O)NCc1ccccc1. The van der Waals surface area contributed by atoms with E-state index in [1.807, 2.05) is 0 Å². The molecule has 1 N–H and O–H groups in total. The fourth-order valence-electron chi connectivity index (χ4n) is 3.19. The molecule has 0 saturated heterocycles. The molecule has 0 unspecified atom stereocenters. The minimum atomic E-state index is -4.11. The zero-order chi connectivity index (χ0) is 21.3. The summed E-state index contributed by atoms with van der Waals surface area (Å²) in [4.78, 5) is 29.6. The number of halogens is 1. The quantitative estimate of drug-likeness (QED) is 0.612. The maximum absolute atomic E-state index is 13.9. The normalized spacial score (nSPS) is 13.6. The number of rotatable bonds is 6. The third-order valence-electron chi connectivity index (χ3n) is 4.69. The minimum absolute atomic E-state index is 0.00998. The Labute approximate surface area is 172 Å². The molecule has 0 fully saturated rings. The maximum atomic E-state index is 13.9. The third-order valence-corrected chi connectivity index (χ3v) is 6.17. The summed E-state index contributed by atoms with van der Waals surface area (Å²) in [6.07, 6.45) is 1.40. The first-order valence-corrected chi connectivity index (χ1v) is 10.5. The lowest BCUT2D eigenvalue weighted by Crippen LogP contribution is -2.31. The fourth-order valence-corrected chi connectivity index (χ4v) is 4.45. The Morgan fingerprint density at radius 3 is 2.47 bits per heavy atom. The molecule has 152 valence electrons. The van der Waals surface area contributed by atoms with Crippen molar-refractivity contribution in [3.05, 3.63) is 95.1 Å². The van der Waals surface area contributed by atoms with Crippen LogP contribution < -0.4 is 4.72 Å². The van der Waals surface area contributed by atoms with Crippen molar-refractivity contribution >= 4 is 21.8 Å². The van der Waals surface area contributed by atoms with E-state index in [1.54, 1.807) is 30.3 Å². The number of carbonyl (C=O) groups excluding carboxylic acids is 2. The number of amides is 2. The molecule has 2 heterocycles. The number of pyridine rings is 1. The van der Waals surface area contributed by atoms with E-state index in [4.69, 9.17) is 0 Å². The molecule has 4 rings (SSSR count). The number of nitrogens with zero attached hydrogens (tertiary/aromatic N) is 2. The highest BCUT2D eigenvalue weighted by atomic mass is 32.2. The lowest BCUT2D eigenvalue weighted by molar-refractivity contribution is 0.0639. The minimum Gasteiger partial charge on any atom is -0.268 e. The Morgan fingerprint density at radius 2 is 1.73 bits per heavy atom. The molecular weight excluding hydrogens is 409 g/mol. The van der Waals surface area contributed by atoms with Gasteiger partial charge in [-0.15, -0.1) is 0 Å². The van der Waals surface area contributed by atoms with Gasteiger partial charge in [0.05, 0.1) is 17.0 Å². The van der Waals surface area contributed by atoms with E-state index < -0.39 is 27.7 Å². The highest BCUT2D eigenvalue weighted by Crippen LogP contribution is 2.25. The first-order valence-electron chi connectivity index (χ1n) is 9.00. The van der Waals surface area contributed by atoms with Gasteiger partial charge >= 0.3 is 0 Å². The first kappa shape index (κ1) is 19.9. The van der Waals surface area contributed by atoms with E-state index in [9.17, 15) is 22.4 Å². The maximum Gasteiger partial charge on any atom is 0.280 e. The second kappa shape index (κ2) is 7.77. The Hall–Kier alpha value is -3.43. The molecule has 9 heteroatoms. The van der Waals surface area contributed by atoms with Gasteiger partial charge in [0.15, 0.2) is 0 Å². The van der Waals surface area contributed by atoms with Crippen LogP contribution in [-0.2, 0) is 23.1 Å². The van der Waals surface area contributed by atoms with Crippen molar-refractivity contribution in [2.24, 2.45) is 0 Å². The summed E-state index contributed by atoms with van der Waals surface area (Å²) in [6.45, 7) is -0.314. The molecular formula is C21H16FN3O4S. The molecule has 7 nitrogen and oxygen atoms in total. The van der Waals surface area contributed by atoms with Gasteiger partial charge in [-0.3, -0.25) is 19.5 Å². The predicted molar refractivity (Wildman–Crippen MR) is 105 cm³/mol. The van der Waals surface area contributed by atoms with Crippen LogP contribution >= 0.6 is 0 Å². The fraction of sp³-hybridized carbons (Fsp3) is 0.0952. The van der Waals surface area contributed by atoms with Crippen LogP contribution in [0.2, 0.25) is 0 Å². The zero-order valence-electron chi connectivity index (χ0n) is 15.6. The van der Waals surface area contributed by atoms with Crippen LogP contribution in [0, 0.1) is 5.82 Å². The van der Waals surface area contributed by atoms with Crippen molar-refractivity contribution in [1.29, 1.82) is 0 Å². The molecule has 3 aromatic rings. The van der Waals surface area contributed by atoms with Gasteiger partial charge in [-0.1, -0.05) is 36.4 Å². The number of hydrogen-bond acceptors (Lipinski definition) is 5. The molecule has 1 aliphatic heterocycles. The molecule has 0 atom stereocenters. The molecule has 0 spiro atoms. The second-order valence-corrected chi connectivity index (χ2v) is 8.39. The summed E-state index contributed by atoms with van der Waals surface area (Å²) < 4.78 is 42.0. The number of aromatic nitrogens is 1. The molecule has 1 aliphatic rings. The number of nitrogens with one attached hydrogen (secondary N) is 1. The Balaban J connectivity index is 1.63. The number of fused-ring (bicyclic) bond motifs is 1. The van der Waals surface area contributed by atoms with E-state index in [1.165, 1.54) is 24.4 Å². The van der Waals surface area contributed by atoms with Crippen LogP contribution in [0.25, 0.3) is 0 Å². The van der Waals surface area contributed by atoms with Crippen LogP contribution in [-0.4, -0.2) is 30.1 Å². The monoisotopic (exact) mass is 425 g/mol. The van der Waals surface area contributed by atoms with Gasteiger partial charge in [0.1, 0.15) is 11.5 Å². The van der Waals surface area contributed by atoms with Gasteiger partial charge < -0.3 is 0 Å². The van der Waals surface area contributed by atoms with Gasteiger partial charge in [-0.2, -0.15) is 0 Å². The molecule has 2 aromatic carbocycles. The summed E-state index contributed by atoms with van der Waals surface area (Å²) >= 11 is 0. The van der Waals surface area contributed by atoms with Crippen molar-refractivity contribution in [3.8, 4) is 0 Å². The largest absolute Gasteiger partial charge is 0.280 e. The van der Waals surface area contributed by atoms with Gasteiger partial charge in [0, 0.05) is 12.7 Å². The van der Waals surface area contributed by atoms with Gasteiger partial charge in [-0.05, 0) is 35.4 Å². The van der Waals surface area contributed by atoms with Crippen LogP contribution in [0.5, 0.6) is 0 Å². The van der Waals surface area contributed by atoms with Crippen LogP contribution in [0.3, 0.4) is 0 Å².